The monoisotopic (exact) mass is 244 g/mol. The lowest BCUT2D eigenvalue weighted by atomic mass is 10.1. The van der Waals surface area contributed by atoms with E-state index in [1.165, 1.54) is 0 Å². The van der Waals surface area contributed by atoms with E-state index in [9.17, 15) is 0 Å². The molecule has 2 aromatic rings. The van der Waals surface area contributed by atoms with Crippen molar-refractivity contribution in [3.05, 3.63) is 29.5 Å². The number of anilines is 1. The number of hydrogen-bond acceptors (Lipinski definition) is 3. The Morgan fingerprint density at radius 2 is 2.06 bits per heavy atom. The summed E-state index contributed by atoms with van der Waals surface area (Å²) in [5.74, 6) is 0.862. The Labute approximate surface area is 108 Å². The van der Waals surface area contributed by atoms with Crippen LogP contribution in [0.4, 0.5) is 5.69 Å². The van der Waals surface area contributed by atoms with Gasteiger partial charge in [0.05, 0.1) is 12.1 Å². The minimum Gasteiger partial charge on any atom is -0.494 e. The van der Waals surface area contributed by atoms with E-state index in [1.807, 2.05) is 25.1 Å². The van der Waals surface area contributed by atoms with E-state index in [0.717, 1.165) is 53.0 Å². The third kappa shape index (κ3) is 2.26. The highest BCUT2D eigenvalue weighted by atomic mass is 16.5. The lowest BCUT2D eigenvalue weighted by Crippen LogP contribution is -2.01. The van der Waals surface area contributed by atoms with Gasteiger partial charge >= 0.3 is 0 Å². The van der Waals surface area contributed by atoms with Crippen molar-refractivity contribution in [1.82, 2.24) is 4.98 Å². The maximum atomic E-state index is 6.20. The average Bonchev–Trinajstić information content (AvgIpc) is 2.40. The maximum Gasteiger partial charge on any atom is 0.120 e. The van der Waals surface area contributed by atoms with Gasteiger partial charge in [0.25, 0.3) is 0 Å². The van der Waals surface area contributed by atoms with Gasteiger partial charge in [0.2, 0.25) is 0 Å². The lowest BCUT2D eigenvalue weighted by Gasteiger charge is -2.11. The summed E-state index contributed by atoms with van der Waals surface area (Å²) in [5.41, 5.74) is 10.1. The highest BCUT2D eigenvalue weighted by molar-refractivity contribution is 5.93. The van der Waals surface area contributed by atoms with Crippen molar-refractivity contribution in [1.29, 1.82) is 0 Å². The zero-order chi connectivity index (χ0) is 13.1. The van der Waals surface area contributed by atoms with Gasteiger partial charge in [-0.1, -0.05) is 13.8 Å². The standard InChI is InChI=1S/C15H20N2O/c1-4-8-18-11-6-7-14-12(9-11)15(16)10(3)13(5-2)17-14/h6-7,9H,4-5,8H2,1-3H3,(H2,16,17). The van der Waals surface area contributed by atoms with Gasteiger partial charge in [0.1, 0.15) is 5.75 Å². The predicted molar refractivity (Wildman–Crippen MR) is 76.1 cm³/mol. The minimum absolute atomic E-state index is 0.727. The Bertz CT molecular complexity index is 564. The molecule has 0 saturated heterocycles. The molecular weight excluding hydrogens is 224 g/mol. The van der Waals surface area contributed by atoms with Crippen molar-refractivity contribution in [2.75, 3.05) is 12.3 Å². The van der Waals surface area contributed by atoms with E-state index in [2.05, 4.69) is 18.8 Å². The molecule has 2 N–H and O–H groups in total. The molecule has 0 saturated carbocycles. The number of pyridine rings is 1. The highest BCUT2D eigenvalue weighted by Crippen LogP contribution is 2.28. The molecule has 1 aromatic carbocycles. The van der Waals surface area contributed by atoms with Crippen molar-refractivity contribution in [2.24, 2.45) is 0 Å². The van der Waals surface area contributed by atoms with Crippen LogP contribution < -0.4 is 10.5 Å². The SMILES string of the molecule is CCCOc1ccc2nc(CC)c(C)c(N)c2c1. The molecular formula is C15H20N2O. The second kappa shape index (κ2) is 5.25. The molecule has 0 aliphatic heterocycles. The summed E-state index contributed by atoms with van der Waals surface area (Å²) >= 11 is 0. The largest absolute Gasteiger partial charge is 0.494 e. The number of ether oxygens (including phenoxy) is 1. The molecule has 0 bridgehead atoms. The molecule has 0 atom stereocenters. The Balaban J connectivity index is 2.52. The quantitative estimate of drug-likeness (QED) is 0.895. The number of nitrogens with zero attached hydrogens (tertiary/aromatic N) is 1. The summed E-state index contributed by atoms with van der Waals surface area (Å²) in [6.45, 7) is 6.94. The van der Waals surface area contributed by atoms with E-state index in [-0.39, 0.29) is 0 Å². The maximum absolute atomic E-state index is 6.20. The first-order valence-corrected chi connectivity index (χ1v) is 6.48. The molecule has 0 aliphatic carbocycles. The number of hydrogen-bond donors (Lipinski definition) is 1. The van der Waals surface area contributed by atoms with Gasteiger partial charge in [-0.15, -0.1) is 0 Å². The highest BCUT2D eigenvalue weighted by Gasteiger charge is 2.09. The van der Waals surface area contributed by atoms with Gasteiger partial charge in [0.15, 0.2) is 0 Å². The van der Waals surface area contributed by atoms with Gasteiger partial charge in [0, 0.05) is 16.8 Å². The summed E-state index contributed by atoms with van der Waals surface area (Å²) in [7, 11) is 0. The van der Waals surface area contributed by atoms with Gasteiger partial charge in [-0.3, -0.25) is 4.98 Å². The van der Waals surface area contributed by atoms with Crippen molar-refractivity contribution in [3.63, 3.8) is 0 Å². The third-order valence-corrected chi connectivity index (χ3v) is 3.16. The molecule has 1 heterocycles. The molecule has 96 valence electrons. The average molecular weight is 244 g/mol. The summed E-state index contributed by atoms with van der Waals surface area (Å²) < 4.78 is 5.63. The smallest absolute Gasteiger partial charge is 0.120 e. The van der Waals surface area contributed by atoms with Crippen molar-refractivity contribution in [3.8, 4) is 5.75 Å². The fourth-order valence-electron chi connectivity index (χ4n) is 2.07. The lowest BCUT2D eigenvalue weighted by molar-refractivity contribution is 0.318. The number of aromatic nitrogens is 1. The molecule has 0 spiro atoms. The normalized spacial score (nSPS) is 10.8. The second-order valence-electron chi connectivity index (χ2n) is 4.48. The number of benzene rings is 1. The number of nitrogens with two attached hydrogens (primary N) is 1. The summed E-state index contributed by atoms with van der Waals surface area (Å²) in [6, 6.07) is 5.92. The van der Waals surface area contributed by atoms with Crippen LogP contribution in [0.3, 0.4) is 0 Å². The van der Waals surface area contributed by atoms with E-state index >= 15 is 0 Å². The van der Waals surface area contributed by atoms with Crippen LogP contribution in [0.1, 0.15) is 31.5 Å². The third-order valence-electron chi connectivity index (χ3n) is 3.16. The van der Waals surface area contributed by atoms with Crippen LogP contribution in [0.5, 0.6) is 5.75 Å². The molecule has 0 aliphatic rings. The Morgan fingerprint density at radius 1 is 1.28 bits per heavy atom. The van der Waals surface area contributed by atoms with Crippen molar-refractivity contribution >= 4 is 16.6 Å². The Morgan fingerprint density at radius 3 is 2.72 bits per heavy atom. The van der Waals surface area contributed by atoms with Crippen LogP contribution in [-0.2, 0) is 6.42 Å². The van der Waals surface area contributed by atoms with Crippen LogP contribution in [0.25, 0.3) is 10.9 Å². The predicted octanol–water partition coefficient (Wildman–Crippen LogP) is 3.48. The molecule has 3 heteroatoms. The van der Waals surface area contributed by atoms with Crippen LogP contribution in [0.2, 0.25) is 0 Å². The molecule has 2 rings (SSSR count). The zero-order valence-corrected chi connectivity index (χ0v) is 11.3. The Hall–Kier alpha value is -1.77. The van der Waals surface area contributed by atoms with Gasteiger partial charge < -0.3 is 10.5 Å². The van der Waals surface area contributed by atoms with Crippen LogP contribution in [0, 0.1) is 6.92 Å². The van der Waals surface area contributed by atoms with E-state index in [0.29, 0.717) is 0 Å². The first kappa shape index (κ1) is 12.7. The zero-order valence-electron chi connectivity index (χ0n) is 11.3. The number of nitrogen functional groups attached to an aromatic ring is 1. The molecule has 0 unspecified atom stereocenters. The first-order chi connectivity index (χ1) is 8.67. The van der Waals surface area contributed by atoms with Crippen molar-refractivity contribution in [2.45, 2.75) is 33.6 Å². The van der Waals surface area contributed by atoms with Gasteiger partial charge in [-0.25, -0.2) is 0 Å². The van der Waals surface area contributed by atoms with Crippen molar-refractivity contribution < 1.29 is 4.74 Å². The second-order valence-corrected chi connectivity index (χ2v) is 4.48. The fraction of sp³-hybridized carbons (Fsp3) is 0.400. The van der Waals surface area contributed by atoms with E-state index in [1.54, 1.807) is 0 Å². The van der Waals surface area contributed by atoms with E-state index in [4.69, 9.17) is 10.5 Å². The first-order valence-electron chi connectivity index (χ1n) is 6.48. The van der Waals surface area contributed by atoms with Crippen LogP contribution in [0.15, 0.2) is 18.2 Å². The van der Waals surface area contributed by atoms with Crippen LogP contribution >= 0.6 is 0 Å². The van der Waals surface area contributed by atoms with Crippen LogP contribution in [-0.4, -0.2) is 11.6 Å². The molecule has 18 heavy (non-hydrogen) atoms. The number of aryl methyl sites for hydroxylation is 1. The van der Waals surface area contributed by atoms with Gasteiger partial charge in [-0.2, -0.15) is 0 Å². The summed E-state index contributed by atoms with van der Waals surface area (Å²) in [4.78, 5) is 4.64. The fourth-order valence-corrected chi connectivity index (χ4v) is 2.07. The van der Waals surface area contributed by atoms with E-state index < -0.39 is 0 Å². The molecule has 0 radical (unpaired) electrons. The number of fused-ring (bicyclic) bond motifs is 1. The number of rotatable bonds is 4. The molecule has 3 nitrogen and oxygen atoms in total. The minimum atomic E-state index is 0.727. The molecule has 1 aromatic heterocycles. The topological polar surface area (TPSA) is 48.1 Å². The van der Waals surface area contributed by atoms with Gasteiger partial charge in [-0.05, 0) is 43.5 Å². The Kier molecular flexibility index (Phi) is 3.70. The summed E-state index contributed by atoms with van der Waals surface area (Å²) in [5, 5.41) is 0.985. The molecule has 0 fully saturated rings. The molecule has 0 amide bonds. The summed E-state index contributed by atoms with van der Waals surface area (Å²) in [6.07, 6.45) is 1.90.